The van der Waals surface area contributed by atoms with Gasteiger partial charge in [0.2, 0.25) is 0 Å². The highest BCUT2D eigenvalue weighted by molar-refractivity contribution is 5.39. The number of likely N-dealkylation sites (N-methyl/N-ethyl adjacent to an activating group) is 1. The average molecular weight is 277 g/mol. The molecule has 0 aliphatic carbocycles. The molecular weight excluding hydrogens is 254 g/mol. The number of para-hydroxylation sites is 1. The fourth-order valence-corrected chi connectivity index (χ4v) is 2.76. The number of hydrogen-bond donors (Lipinski definition) is 1. The minimum atomic E-state index is -0.294. The fraction of sp³-hybridized carbons (Fsp3) is 0.600. The second kappa shape index (κ2) is 7.36. The van der Waals surface area contributed by atoms with Crippen LogP contribution in [0.3, 0.4) is 0 Å². The average Bonchev–Trinajstić information content (AvgIpc) is 2.46. The van der Waals surface area contributed by atoms with E-state index in [0.717, 1.165) is 31.6 Å². The van der Waals surface area contributed by atoms with Gasteiger partial charge in [-0.05, 0) is 32.9 Å². The Morgan fingerprint density at radius 3 is 2.90 bits per heavy atom. The van der Waals surface area contributed by atoms with Crippen molar-refractivity contribution in [3.05, 3.63) is 39.9 Å². The highest BCUT2D eigenvalue weighted by atomic mass is 16.6. The molecule has 0 aromatic heterocycles. The Hall–Kier alpha value is -1.46. The maximum atomic E-state index is 11.0. The molecule has 1 fully saturated rings. The lowest BCUT2D eigenvalue weighted by molar-refractivity contribution is -0.385. The summed E-state index contributed by atoms with van der Waals surface area (Å²) in [5, 5.41) is 14.5. The first kappa shape index (κ1) is 14.9. The molecular formula is C15H23N3O2. The molecule has 2 rings (SSSR count). The van der Waals surface area contributed by atoms with Gasteiger partial charge in [-0.25, -0.2) is 0 Å². The van der Waals surface area contributed by atoms with E-state index in [1.807, 2.05) is 12.1 Å². The standard InChI is InChI=1S/C15H23N3O2/c1-17(12-14-7-4-5-10-16-14)11-9-13-6-2-3-8-15(13)18(19)20/h2-3,6,8,14,16H,4-5,7,9-12H2,1H3. The van der Waals surface area contributed by atoms with Crippen molar-refractivity contribution >= 4 is 5.69 Å². The minimum absolute atomic E-state index is 0.233. The van der Waals surface area contributed by atoms with E-state index in [-0.39, 0.29) is 10.6 Å². The Morgan fingerprint density at radius 1 is 1.40 bits per heavy atom. The molecule has 1 aliphatic heterocycles. The van der Waals surface area contributed by atoms with E-state index in [9.17, 15) is 10.1 Å². The van der Waals surface area contributed by atoms with E-state index in [2.05, 4.69) is 17.3 Å². The molecule has 0 spiro atoms. The van der Waals surface area contributed by atoms with Crippen LogP contribution in [0, 0.1) is 10.1 Å². The van der Waals surface area contributed by atoms with Crippen molar-refractivity contribution in [3.63, 3.8) is 0 Å². The summed E-state index contributed by atoms with van der Waals surface area (Å²) in [7, 11) is 2.09. The smallest absolute Gasteiger partial charge is 0.272 e. The third kappa shape index (κ3) is 4.28. The lowest BCUT2D eigenvalue weighted by atomic mass is 10.0. The number of piperidine rings is 1. The van der Waals surface area contributed by atoms with Gasteiger partial charge in [-0.1, -0.05) is 24.6 Å². The van der Waals surface area contributed by atoms with Crippen LogP contribution in [0.5, 0.6) is 0 Å². The van der Waals surface area contributed by atoms with Gasteiger partial charge in [0.1, 0.15) is 0 Å². The number of benzene rings is 1. The summed E-state index contributed by atoms with van der Waals surface area (Å²) in [4.78, 5) is 12.9. The molecule has 1 saturated heterocycles. The molecule has 5 heteroatoms. The van der Waals surface area contributed by atoms with Gasteiger partial charge >= 0.3 is 0 Å². The summed E-state index contributed by atoms with van der Waals surface area (Å²) < 4.78 is 0. The highest BCUT2D eigenvalue weighted by Gasteiger charge is 2.16. The Bertz CT molecular complexity index is 444. The minimum Gasteiger partial charge on any atom is -0.313 e. The zero-order valence-corrected chi connectivity index (χ0v) is 12.0. The van der Waals surface area contributed by atoms with Crippen LogP contribution in [0.4, 0.5) is 5.69 Å². The molecule has 1 aromatic rings. The van der Waals surface area contributed by atoms with Crippen LogP contribution in [-0.4, -0.2) is 42.5 Å². The third-order valence-corrected chi connectivity index (χ3v) is 3.90. The quantitative estimate of drug-likeness (QED) is 0.640. The molecule has 0 radical (unpaired) electrons. The zero-order chi connectivity index (χ0) is 14.4. The van der Waals surface area contributed by atoms with Gasteiger partial charge in [0.05, 0.1) is 4.92 Å². The van der Waals surface area contributed by atoms with E-state index < -0.39 is 0 Å². The van der Waals surface area contributed by atoms with E-state index >= 15 is 0 Å². The zero-order valence-electron chi connectivity index (χ0n) is 12.0. The van der Waals surface area contributed by atoms with E-state index in [1.54, 1.807) is 12.1 Å². The Morgan fingerprint density at radius 2 is 2.20 bits per heavy atom. The van der Waals surface area contributed by atoms with Crippen LogP contribution in [0.2, 0.25) is 0 Å². The van der Waals surface area contributed by atoms with Crippen LogP contribution in [0.15, 0.2) is 24.3 Å². The van der Waals surface area contributed by atoms with Crippen LogP contribution in [0.25, 0.3) is 0 Å². The van der Waals surface area contributed by atoms with Crippen molar-refractivity contribution in [2.75, 3.05) is 26.7 Å². The van der Waals surface area contributed by atoms with Gasteiger partial charge in [-0.15, -0.1) is 0 Å². The molecule has 110 valence electrons. The molecule has 0 saturated carbocycles. The van der Waals surface area contributed by atoms with Crippen molar-refractivity contribution in [2.45, 2.75) is 31.7 Å². The molecule has 1 aliphatic rings. The number of nitro groups is 1. The summed E-state index contributed by atoms with van der Waals surface area (Å²) in [6, 6.07) is 7.59. The number of nitro benzene ring substituents is 1. The number of hydrogen-bond acceptors (Lipinski definition) is 4. The van der Waals surface area contributed by atoms with Gasteiger partial charge in [-0.2, -0.15) is 0 Å². The molecule has 0 bridgehead atoms. The second-order valence-electron chi connectivity index (χ2n) is 5.54. The largest absolute Gasteiger partial charge is 0.313 e. The molecule has 5 nitrogen and oxygen atoms in total. The molecule has 20 heavy (non-hydrogen) atoms. The van der Waals surface area contributed by atoms with Gasteiger partial charge in [0, 0.05) is 30.8 Å². The van der Waals surface area contributed by atoms with E-state index in [1.165, 1.54) is 19.3 Å². The number of rotatable bonds is 6. The predicted octanol–water partition coefficient (Wildman–Crippen LogP) is 2.21. The molecule has 0 amide bonds. The SMILES string of the molecule is CN(CCc1ccccc1[N+](=O)[O-])CC1CCCCN1. The van der Waals surface area contributed by atoms with E-state index in [0.29, 0.717) is 6.04 Å². The van der Waals surface area contributed by atoms with Crippen molar-refractivity contribution in [1.82, 2.24) is 10.2 Å². The first-order valence-electron chi connectivity index (χ1n) is 7.31. The van der Waals surface area contributed by atoms with Crippen molar-refractivity contribution in [2.24, 2.45) is 0 Å². The van der Waals surface area contributed by atoms with Crippen LogP contribution in [0.1, 0.15) is 24.8 Å². The van der Waals surface area contributed by atoms with Crippen molar-refractivity contribution in [3.8, 4) is 0 Å². The topological polar surface area (TPSA) is 58.4 Å². The molecule has 1 aromatic carbocycles. The lowest BCUT2D eigenvalue weighted by Crippen LogP contribution is -2.42. The molecule has 1 N–H and O–H groups in total. The predicted molar refractivity (Wildman–Crippen MR) is 79.9 cm³/mol. The summed E-state index contributed by atoms with van der Waals surface area (Å²) in [5.74, 6) is 0. The number of nitrogens with zero attached hydrogens (tertiary/aromatic N) is 2. The summed E-state index contributed by atoms with van der Waals surface area (Å²) in [5.41, 5.74) is 1.05. The maximum absolute atomic E-state index is 11.0. The highest BCUT2D eigenvalue weighted by Crippen LogP contribution is 2.18. The summed E-state index contributed by atoms with van der Waals surface area (Å²) in [6.07, 6.45) is 4.53. The third-order valence-electron chi connectivity index (χ3n) is 3.90. The van der Waals surface area contributed by atoms with Gasteiger partial charge in [0.25, 0.3) is 5.69 Å². The van der Waals surface area contributed by atoms with Gasteiger partial charge in [0.15, 0.2) is 0 Å². The normalized spacial score (nSPS) is 19.2. The first-order chi connectivity index (χ1) is 9.66. The Kier molecular flexibility index (Phi) is 5.49. The van der Waals surface area contributed by atoms with Gasteiger partial charge < -0.3 is 10.2 Å². The summed E-state index contributed by atoms with van der Waals surface area (Å²) in [6.45, 7) is 2.98. The monoisotopic (exact) mass is 277 g/mol. The van der Waals surface area contributed by atoms with Gasteiger partial charge in [-0.3, -0.25) is 10.1 Å². The van der Waals surface area contributed by atoms with E-state index in [4.69, 9.17) is 0 Å². The summed E-state index contributed by atoms with van der Waals surface area (Å²) >= 11 is 0. The maximum Gasteiger partial charge on any atom is 0.272 e. The molecule has 1 unspecified atom stereocenters. The van der Waals surface area contributed by atoms with Crippen molar-refractivity contribution in [1.29, 1.82) is 0 Å². The van der Waals surface area contributed by atoms with Crippen LogP contribution >= 0.6 is 0 Å². The molecule has 1 heterocycles. The van der Waals surface area contributed by atoms with Crippen LogP contribution < -0.4 is 5.32 Å². The molecule has 1 atom stereocenters. The lowest BCUT2D eigenvalue weighted by Gasteiger charge is -2.28. The first-order valence-corrected chi connectivity index (χ1v) is 7.31. The Balaban J connectivity index is 1.83. The Labute approximate surface area is 120 Å². The van der Waals surface area contributed by atoms with Crippen molar-refractivity contribution < 1.29 is 4.92 Å². The number of nitrogens with one attached hydrogen (secondary N) is 1. The fourth-order valence-electron chi connectivity index (χ4n) is 2.76. The second-order valence-corrected chi connectivity index (χ2v) is 5.54. The van der Waals surface area contributed by atoms with Crippen LogP contribution in [-0.2, 0) is 6.42 Å².